The van der Waals surface area contributed by atoms with Crippen LogP contribution < -0.4 is 5.32 Å². The molecule has 7 heteroatoms. The highest BCUT2D eigenvalue weighted by atomic mass is 35.5. The Balaban J connectivity index is 1.28. The van der Waals surface area contributed by atoms with Crippen molar-refractivity contribution < 1.29 is 9.59 Å². The molecule has 2 fully saturated rings. The normalized spacial score (nSPS) is 24.5. The van der Waals surface area contributed by atoms with E-state index in [-0.39, 0.29) is 24.2 Å². The van der Waals surface area contributed by atoms with E-state index in [1.807, 2.05) is 59.5 Å². The van der Waals surface area contributed by atoms with Gasteiger partial charge < -0.3 is 15.2 Å². The van der Waals surface area contributed by atoms with Crippen LogP contribution in [0.15, 0.2) is 78.9 Å². The van der Waals surface area contributed by atoms with Crippen LogP contribution in [0.5, 0.6) is 0 Å². The van der Waals surface area contributed by atoms with Crippen molar-refractivity contribution in [2.45, 2.75) is 37.0 Å². The molecule has 4 aromatic rings. The summed E-state index contributed by atoms with van der Waals surface area (Å²) in [6.45, 7) is 1.23. The molecule has 1 aromatic heterocycles. The number of anilines is 1. The molecule has 37 heavy (non-hydrogen) atoms. The number of aryl methyl sites for hydroxylation is 1. The fourth-order valence-electron chi connectivity index (χ4n) is 6.61. The van der Waals surface area contributed by atoms with Gasteiger partial charge in [0.2, 0.25) is 5.91 Å². The first kappa shape index (κ1) is 22.6. The van der Waals surface area contributed by atoms with Gasteiger partial charge in [-0.05, 0) is 48.7 Å². The zero-order valence-corrected chi connectivity index (χ0v) is 21.0. The Labute approximate surface area is 220 Å². The Morgan fingerprint density at radius 3 is 2.51 bits per heavy atom. The highest BCUT2D eigenvalue weighted by Crippen LogP contribution is 2.57. The molecule has 186 valence electrons. The number of aromatic amines is 1. The summed E-state index contributed by atoms with van der Waals surface area (Å²) >= 11 is 6.14. The summed E-state index contributed by atoms with van der Waals surface area (Å²) < 4.78 is 0. The molecule has 0 saturated carbocycles. The van der Waals surface area contributed by atoms with E-state index in [4.69, 9.17) is 11.6 Å². The number of carbonyl (C=O) groups excluding carboxylic acids is 2. The van der Waals surface area contributed by atoms with Gasteiger partial charge in [-0.2, -0.15) is 0 Å². The van der Waals surface area contributed by atoms with Gasteiger partial charge in [0.05, 0.1) is 12.1 Å². The number of fused-ring (bicyclic) bond motifs is 5. The summed E-state index contributed by atoms with van der Waals surface area (Å²) in [5.41, 5.74) is 3.97. The number of aromatic nitrogens is 1. The molecule has 0 radical (unpaired) electrons. The van der Waals surface area contributed by atoms with Gasteiger partial charge >= 0.3 is 0 Å². The number of H-pyrrole nitrogens is 1. The van der Waals surface area contributed by atoms with Gasteiger partial charge in [-0.1, -0.05) is 60.1 Å². The molecule has 3 aliphatic heterocycles. The number of nitrogens with zero attached hydrogens (tertiary/aromatic N) is 2. The molecule has 4 heterocycles. The maximum Gasteiger partial charge on any atom is 0.240 e. The van der Waals surface area contributed by atoms with Crippen LogP contribution >= 0.6 is 11.6 Å². The van der Waals surface area contributed by atoms with Crippen molar-refractivity contribution in [1.29, 1.82) is 0 Å². The number of piperazine rings is 1. The minimum absolute atomic E-state index is 0.0282. The van der Waals surface area contributed by atoms with Crippen LogP contribution in [-0.4, -0.2) is 45.6 Å². The Kier molecular flexibility index (Phi) is 5.17. The van der Waals surface area contributed by atoms with Gasteiger partial charge in [0.25, 0.3) is 0 Å². The number of Topliss-reactive ketones (excluding diaryl/α,β-unsaturated/α-hetero) is 1. The zero-order chi connectivity index (χ0) is 25.1. The largest absolute Gasteiger partial charge is 0.357 e. The monoisotopic (exact) mass is 510 g/mol. The van der Waals surface area contributed by atoms with Crippen molar-refractivity contribution in [2.24, 2.45) is 0 Å². The fourth-order valence-corrected chi connectivity index (χ4v) is 6.74. The predicted octanol–water partition coefficient (Wildman–Crippen LogP) is 5.26. The van der Waals surface area contributed by atoms with Crippen LogP contribution in [0.1, 0.15) is 35.7 Å². The van der Waals surface area contributed by atoms with Crippen LogP contribution in [0.4, 0.5) is 5.69 Å². The minimum Gasteiger partial charge on any atom is -0.357 e. The number of ketones is 1. The molecule has 0 spiro atoms. The van der Waals surface area contributed by atoms with E-state index in [9.17, 15) is 9.59 Å². The summed E-state index contributed by atoms with van der Waals surface area (Å²) in [7, 11) is 0. The SMILES string of the molecule is O=C1[C@@H]2CC(=O)C3(Nc4ccc(Cl)cc4)c4c([nH]c5ccccc45)[C@H](CN1CCCc1ccccc1)N23. The molecular weight excluding hydrogens is 484 g/mol. The Bertz CT molecular complexity index is 1520. The molecular formula is C30H27ClN4O2. The first-order valence-electron chi connectivity index (χ1n) is 12.9. The number of hydrogen-bond acceptors (Lipinski definition) is 4. The molecule has 3 aromatic carbocycles. The number of amides is 1. The van der Waals surface area contributed by atoms with Crippen LogP contribution in [-0.2, 0) is 21.7 Å². The van der Waals surface area contributed by atoms with E-state index in [1.54, 1.807) is 0 Å². The number of carbonyl (C=O) groups is 2. The zero-order valence-electron chi connectivity index (χ0n) is 20.3. The van der Waals surface area contributed by atoms with Gasteiger partial charge in [0.15, 0.2) is 11.4 Å². The van der Waals surface area contributed by atoms with E-state index in [1.165, 1.54) is 5.56 Å². The lowest BCUT2D eigenvalue weighted by molar-refractivity contribution is -0.146. The van der Waals surface area contributed by atoms with Gasteiger partial charge in [-0.3, -0.25) is 9.59 Å². The lowest BCUT2D eigenvalue weighted by Gasteiger charge is -2.44. The molecule has 0 bridgehead atoms. The van der Waals surface area contributed by atoms with Crippen LogP contribution in [0.2, 0.25) is 5.02 Å². The van der Waals surface area contributed by atoms with Crippen LogP contribution in [0.3, 0.4) is 0 Å². The van der Waals surface area contributed by atoms with E-state index in [0.29, 0.717) is 18.1 Å². The number of para-hydroxylation sites is 1. The third-order valence-corrected chi connectivity index (χ3v) is 8.42. The Hall–Kier alpha value is -3.61. The van der Waals surface area contributed by atoms with Crippen molar-refractivity contribution in [2.75, 3.05) is 18.4 Å². The van der Waals surface area contributed by atoms with E-state index in [0.717, 1.165) is 40.7 Å². The average Bonchev–Trinajstić information content (AvgIpc) is 3.52. The summed E-state index contributed by atoms with van der Waals surface area (Å²) in [4.78, 5) is 35.5. The lowest BCUT2D eigenvalue weighted by atomic mass is 9.93. The maximum atomic E-state index is 14.0. The molecule has 3 aliphatic rings. The predicted molar refractivity (Wildman–Crippen MR) is 144 cm³/mol. The van der Waals surface area contributed by atoms with Gasteiger partial charge in [-0.15, -0.1) is 0 Å². The second kappa shape index (κ2) is 8.47. The van der Waals surface area contributed by atoms with Crippen molar-refractivity contribution in [1.82, 2.24) is 14.8 Å². The van der Waals surface area contributed by atoms with E-state index in [2.05, 4.69) is 39.5 Å². The Morgan fingerprint density at radius 2 is 1.70 bits per heavy atom. The second-order valence-corrected chi connectivity index (χ2v) is 10.7. The van der Waals surface area contributed by atoms with Crippen molar-refractivity contribution in [3.8, 4) is 0 Å². The summed E-state index contributed by atoms with van der Waals surface area (Å²) in [5.74, 6) is 0.0762. The summed E-state index contributed by atoms with van der Waals surface area (Å²) in [6.07, 6.45) is 2.00. The van der Waals surface area contributed by atoms with Gasteiger partial charge in [-0.25, -0.2) is 4.90 Å². The van der Waals surface area contributed by atoms with Crippen molar-refractivity contribution in [3.63, 3.8) is 0 Å². The highest BCUT2D eigenvalue weighted by Gasteiger charge is 2.67. The molecule has 7 rings (SSSR count). The first-order valence-corrected chi connectivity index (χ1v) is 13.2. The summed E-state index contributed by atoms with van der Waals surface area (Å²) in [6, 6.07) is 25.3. The number of hydrogen-bond donors (Lipinski definition) is 2. The van der Waals surface area contributed by atoms with E-state index >= 15 is 0 Å². The number of rotatable bonds is 6. The molecule has 6 nitrogen and oxygen atoms in total. The van der Waals surface area contributed by atoms with Gasteiger partial charge in [0, 0.05) is 52.4 Å². The van der Waals surface area contributed by atoms with Crippen LogP contribution in [0, 0.1) is 0 Å². The Morgan fingerprint density at radius 1 is 0.946 bits per heavy atom. The highest BCUT2D eigenvalue weighted by molar-refractivity contribution is 6.30. The quantitative estimate of drug-likeness (QED) is 0.371. The third kappa shape index (κ3) is 3.36. The third-order valence-electron chi connectivity index (χ3n) is 8.17. The second-order valence-electron chi connectivity index (χ2n) is 10.2. The standard InChI is InChI=1S/C30H27ClN4O2/c31-20-12-14-21(15-13-20)33-30-26(36)17-24-29(37)34(16-6-9-19-7-2-1-3-8-19)18-25(35(24)30)28-27(30)22-10-4-5-11-23(22)32-28/h1-5,7-8,10-15,24-25,32-33H,6,9,16-18H2/t24-,25-,30?/m0/s1. The van der Waals surface area contributed by atoms with Crippen LogP contribution in [0.25, 0.3) is 10.9 Å². The molecule has 2 N–H and O–H groups in total. The molecule has 1 unspecified atom stereocenters. The minimum atomic E-state index is -1.09. The van der Waals surface area contributed by atoms with E-state index < -0.39 is 11.7 Å². The fraction of sp³-hybridized carbons (Fsp3) is 0.267. The smallest absolute Gasteiger partial charge is 0.240 e. The molecule has 2 saturated heterocycles. The molecule has 0 aliphatic carbocycles. The number of benzene rings is 3. The molecule has 1 amide bonds. The topological polar surface area (TPSA) is 68.4 Å². The lowest BCUT2D eigenvalue weighted by Crippen LogP contribution is -2.60. The summed E-state index contributed by atoms with van der Waals surface area (Å²) in [5, 5.41) is 5.24. The number of nitrogens with one attached hydrogen (secondary N) is 2. The number of halogens is 1. The maximum absolute atomic E-state index is 14.0. The van der Waals surface area contributed by atoms with Crippen molar-refractivity contribution >= 4 is 39.9 Å². The van der Waals surface area contributed by atoms with Gasteiger partial charge in [0.1, 0.15) is 0 Å². The molecule has 3 atom stereocenters. The average molecular weight is 511 g/mol. The first-order chi connectivity index (χ1) is 18.1. The van der Waals surface area contributed by atoms with Crippen molar-refractivity contribution in [3.05, 3.63) is 101 Å².